The predicted octanol–water partition coefficient (Wildman–Crippen LogP) is 4.05. The summed E-state index contributed by atoms with van der Waals surface area (Å²) in [5.74, 6) is 0.889. The average molecular weight is 339 g/mol. The molecule has 0 spiro atoms. The van der Waals surface area contributed by atoms with Gasteiger partial charge in [0.2, 0.25) is 0 Å². The van der Waals surface area contributed by atoms with Crippen molar-refractivity contribution in [3.8, 4) is 11.8 Å². The number of nitrogens with two attached hydrogens (primary N) is 1. The van der Waals surface area contributed by atoms with Gasteiger partial charge in [-0.3, -0.25) is 0 Å². The Bertz CT molecular complexity index is 478. The molecule has 0 aliphatic heterocycles. The van der Waals surface area contributed by atoms with Crippen LogP contribution in [0.5, 0.6) is 5.75 Å². The van der Waals surface area contributed by atoms with E-state index in [1.54, 1.807) is 0 Å². The van der Waals surface area contributed by atoms with Gasteiger partial charge in [-0.05, 0) is 63.8 Å². The van der Waals surface area contributed by atoms with Gasteiger partial charge < -0.3 is 10.5 Å². The number of halogens is 1. The Morgan fingerprint density at radius 2 is 2.15 bits per heavy atom. The summed E-state index contributed by atoms with van der Waals surface area (Å²) in [5, 5.41) is 8.97. The summed E-state index contributed by atoms with van der Waals surface area (Å²) < 4.78 is 6.88. The molecule has 4 heteroatoms. The van der Waals surface area contributed by atoms with Gasteiger partial charge in [-0.2, -0.15) is 5.26 Å². The van der Waals surface area contributed by atoms with E-state index in [2.05, 4.69) is 28.1 Å². The molecule has 0 amide bonds. The molecule has 2 N–H and O–H groups in total. The monoisotopic (exact) mass is 338 g/mol. The summed E-state index contributed by atoms with van der Waals surface area (Å²) in [6.07, 6.45) is 2.50. The summed E-state index contributed by atoms with van der Waals surface area (Å²) in [5.41, 5.74) is 6.71. The Kier molecular flexibility index (Phi) is 6.51. The highest BCUT2D eigenvalue weighted by Gasteiger charge is 2.16. The minimum absolute atomic E-state index is 0.101. The maximum absolute atomic E-state index is 8.97. The van der Waals surface area contributed by atoms with Crippen molar-refractivity contribution in [2.45, 2.75) is 46.1 Å². The van der Waals surface area contributed by atoms with Crippen LogP contribution in [-0.2, 0) is 6.42 Å². The molecule has 0 aliphatic carbocycles. The van der Waals surface area contributed by atoms with Crippen LogP contribution in [0.15, 0.2) is 22.7 Å². The Labute approximate surface area is 130 Å². The molecule has 3 nitrogen and oxygen atoms in total. The molecule has 0 aliphatic rings. The quantitative estimate of drug-likeness (QED) is 0.763. The van der Waals surface area contributed by atoms with Crippen molar-refractivity contribution in [3.63, 3.8) is 0 Å². The Morgan fingerprint density at radius 1 is 1.45 bits per heavy atom. The lowest BCUT2D eigenvalue weighted by molar-refractivity contribution is 0.281. The van der Waals surface area contributed by atoms with E-state index in [1.807, 2.05) is 32.9 Å². The number of nitrogens with zero attached hydrogens (tertiary/aromatic N) is 1. The van der Waals surface area contributed by atoms with E-state index in [9.17, 15) is 0 Å². The van der Waals surface area contributed by atoms with Crippen molar-refractivity contribution in [1.29, 1.82) is 5.26 Å². The third kappa shape index (κ3) is 5.94. The highest BCUT2D eigenvalue weighted by Crippen LogP contribution is 2.25. The first-order chi connectivity index (χ1) is 9.34. The average Bonchev–Trinajstić information content (AvgIpc) is 2.36. The van der Waals surface area contributed by atoms with Crippen LogP contribution in [0.4, 0.5) is 0 Å². The van der Waals surface area contributed by atoms with Gasteiger partial charge in [0.05, 0.1) is 18.1 Å². The molecule has 1 unspecified atom stereocenters. The molecule has 1 aromatic rings. The first kappa shape index (κ1) is 17.0. The number of hydrogen-bond donors (Lipinski definition) is 1. The minimum Gasteiger partial charge on any atom is -0.493 e. The Hall–Kier alpha value is -1.05. The van der Waals surface area contributed by atoms with E-state index in [-0.39, 0.29) is 11.5 Å². The van der Waals surface area contributed by atoms with Gasteiger partial charge in [0.25, 0.3) is 0 Å². The number of rotatable bonds is 7. The summed E-state index contributed by atoms with van der Waals surface area (Å²) >= 11 is 3.47. The van der Waals surface area contributed by atoms with Gasteiger partial charge in [0.1, 0.15) is 5.75 Å². The second-order valence-electron chi connectivity index (χ2n) is 5.88. The molecule has 0 saturated carbocycles. The van der Waals surface area contributed by atoms with Crippen LogP contribution in [0.25, 0.3) is 0 Å². The Morgan fingerprint density at radius 3 is 2.75 bits per heavy atom. The first-order valence-corrected chi connectivity index (χ1v) is 7.71. The standard InChI is InChI=1S/C16H23BrN2O/c1-12(19)9-13-10-14(17)5-6-15(13)20-8-4-7-16(2,3)11-18/h5-6,10,12H,4,7-9,19H2,1-3H3. The summed E-state index contributed by atoms with van der Waals surface area (Å²) in [4.78, 5) is 0. The van der Waals surface area contributed by atoms with Gasteiger partial charge in [0.15, 0.2) is 0 Å². The molecular formula is C16H23BrN2O. The smallest absolute Gasteiger partial charge is 0.122 e. The largest absolute Gasteiger partial charge is 0.493 e. The van der Waals surface area contributed by atoms with Crippen LogP contribution in [0.3, 0.4) is 0 Å². The van der Waals surface area contributed by atoms with Gasteiger partial charge in [-0.15, -0.1) is 0 Å². The van der Waals surface area contributed by atoms with Gasteiger partial charge >= 0.3 is 0 Å². The molecule has 0 aromatic heterocycles. The SMILES string of the molecule is CC(N)Cc1cc(Br)ccc1OCCCC(C)(C)C#N. The fraction of sp³-hybridized carbons (Fsp3) is 0.562. The van der Waals surface area contributed by atoms with Crippen LogP contribution >= 0.6 is 15.9 Å². The lowest BCUT2D eigenvalue weighted by atomic mass is 9.90. The third-order valence-electron chi connectivity index (χ3n) is 3.07. The van der Waals surface area contributed by atoms with Gasteiger partial charge in [-0.1, -0.05) is 15.9 Å². The summed E-state index contributed by atoms with van der Waals surface area (Å²) in [7, 11) is 0. The molecule has 1 rings (SSSR count). The lowest BCUT2D eigenvalue weighted by Gasteiger charge is -2.16. The van der Waals surface area contributed by atoms with Crippen LogP contribution in [0.2, 0.25) is 0 Å². The van der Waals surface area contributed by atoms with Crippen molar-refractivity contribution < 1.29 is 4.74 Å². The fourth-order valence-corrected chi connectivity index (χ4v) is 2.36. The van der Waals surface area contributed by atoms with Crippen molar-refractivity contribution in [2.24, 2.45) is 11.1 Å². The molecule has 0 bridgehead atoms. The number of ether oxygens (including phenoxy) is 1. The van der Waals surface area contributed by atoms with Crippen LogP contribution in [0, 0.1) is 16.7 Å². The van der Waals surface area contributed by atoms with Gasteiger partial charge in [-0.25, -0.2) is 0 Å². The minimum atomic E-state index is -0.280. The summed E-state index contributed by atoms with van der Waals surface area (Å²) in [6.45, 7) is 6.52. The molecule has 0 fully saturated rings. The van der Waals surface area contributed by atoms with E-state index in [0.717, 1.165) is 35.0 Å². The van der Waals surface area contributed by atoms with Crippen LogP contribution in [-0.4, -0.2) is 12.6 Å². The summed E-state index contributed by atoms with van der Waals surface area (Å²) in [6, 6.07) is 8.40. The van der Waals surface area contributed by atoms with Gasteiger partial charge in [0, 0.05) is 10.5 Å². The number of benzene rings is 1. The molecule has 0 saturated heterocycles. The van der Waals surface area contributed by atoms with Crippen LogP contribution in [0.1, 0.15) is 39.2 Å². The molecule has 0 heterocycles. The molecule has 110 valence electrons. The number of nitriles is 1. The zero-order valence-electron chi connectivity index (χ0n) is 12.4. The molecule has 1 atom stereocenters. The highest BCUT2D eigenvalue weighted by molar-refractivity contribution is 9.10. The first-order valence-electron chi connectivity index (χ1n) is 6.92. The molecule has 20 heavy (non-hydrogen) atoms. The topological polar surface area (TPSA) is 59.0 Å². The van der Waals surface area contributed by atoms with E-state index in [0.29, 0.717) is 6.61 Å². The second kappa shape index (κ2) is 7.66. The predicted molar refractivity (Wildman–Crippen MR) is 85.6 cm³/mol. The fourth-order valence-electron chi connectivity index (χ4n) is 1.95. The lowest BCUT2D eigenvalue weighted by Crippen LogP contribution is -2.18. The van der Waals surface area contributed by atoms with Crippen molar-refractivity contribution in [2.75, 3.05) is 6.61 Å². The maximum atomic E-state index is 8.97. The third-order valence-corrected chi connectivity index (χ3v) is 3.56. The van der Waals surface area contributed by atoms with E-state index < -0.39 is 0 Å². The second-order valence-corrected chi connectivity index (χ2v) is 6.80. The zero-order valence-corrected chi connectivity index (χ0v) is 14.0. The number of hydrogen-bond acceptors (Lipinski definition) is 3. The van der Waals surface area contributed by atoms with E-state index in [1.165, 1.54) is 0 Å². The molecular weight excluding hydrogens is 316 g/mol. The van der Waals surface area contributed by atoms with Crippen molar-refractivity contribution in [3.05, 3.63) is 28.2 Å². The van der Waals surface area contributed by atoms with Crippen LogP contribution < -0.4 is 10.5 Å². The highest BCUT2D eigenvalue weighted by atomic mass is 79.9. The normalized spacial score (nSPS) is 12.8. The molecule has 0 radical (unpaired) electrons. The van der Waals surface area contributed by atoms with E-state index >= 15 is 0 Å². The Balaban J connectivity index is 2.57. The van der Waals surface area contributed by atoms with Crippen molar-refractivity contribution in [1.82, 2.24) is 0 Å². The molecule has 1 aromatic carbocycles. The van der Waals surface area contributed by atoms with E-state index in [4.69, 9.17) is 15.7 Å². The van der Waals surface area contributed by atoms with Crippen molar-refractivity contribution >= 4 is 15.9 Å². The maximum Gasteiger partial charge on any atom is 0.122 e. The zero-order chi connectivity index (χ0) is 15.2.